The van der Waals surface area contributed by atoms with Crippen molar-refractivity contribution >= 4 is 17.7 Å². The Labute approximate surface area is 100 Å². The van der Waals surface area contributed by atoms with Crippen molar-refractivity contribution in [1.29, 1.82) is 0 Å². The second kappa shape index (κ2) is 6.55. The van der Waals surface area contributed by atoms with Crippen LogP contribution in [0.1, 0.15) is 5.56 Å². The van der Waals surface area contributed by atoms with Crippen molar-refractivity contribution in [1.82, 2.24) is 4.90 Å². The summed E-state index contributed by atoms with van der Waals surface area (Å²) in [7, 11) is 1.71. The third-order valence-electron chi connectivity index (χ3n) is 2.40. The van der Waals surface area contributed by atoms with E-state index in [4.69, 9.17) is 5.11 Å². The van der Waals surface area contributed by atoms with Crippen molar-refractivity contribution in [3.63, 3.8) is 0 Å². The van der Waals surface area contributed by atoms with Crippen molar-refractivity contribution in [3.05, 3.63) is 29.8 Å². The molecule has 4 heteroatoms. The first-order valence-electron chi connectivity index (χ1n) is 5.15. The fourth-order valence-electron chi connectivity index (χ4n) is 1.42. The highest BCUT2D eigenvalue weighted by molar-refractivity contribution is 7.98. The third-order valence-corrected chi connectivity index (χ3v) is 3.23. The first-order chi connectivity index (χ1) is 7.69. The van der Waals surface area contributed by atoms with E-state index in [1.54, 1.807) is 23.7 Å². The highest BCUT2D eigenvalue weighted by Crippen LogP contribution is 2.20. The van der Waals surface area contributed by atoms with Gasteiger partial charge >= 0.3 is 0 Å². The molecule has 1 amide bonds. The first-order valence-corrected chi connectivity index (χ1v) is 6.38. The normalized spacial score (nSPS) is 10.2. The number of amides is 1. The number of likely N-dealkylation sites (N-methyl/N-ethyl adjacent to an activating group) is 1. The topological polar surface area (TPSA) is 40.5 Å². The number of nitrogens with zero attached hydrogens (tertiary/aromatic N) is 1. The van der Waals surface area contributed by atoms with Crippen LogP contribution in [0.4, 0.5) is 0 Å². The summed E-state index contributed by atoms with van der Waals surface area (Å²) in [4.78, 5) is 14.5. The molecule has 0 bridgehead atoms. The molecule has 0 radical (unpaired) electrons. The Morgan fingerprint density at radius 1 is 1.44 bits per heavy atom. The Morgan fingerprint density at radius 2 is 2.12 bits per heavy atom. The third kappa shape index (κ3) is 3.54. The number of aliphatic hydroxyl groups is 1. The van der Waals surface area contributed by atoms with E-state index in [9.17, 15) is 4.79 Å². The molecule has 0 heterocycles. The van der Waals surface area contributed by atoms with Crippen molar-refractivity contribution < 1.29 is 9.90 Å². The van der Waals surface area contributed by atoms with E-state index in [-0.39, 0.29) is 12.5 Å². The molecule has 0 saturated heterocycles. The highest BCUT2D eigenvalue weighted by atomic mass is 32.2. The van der Waals surface area contributed by atoms with E-state index in [0.29, 0.717) is 13.0 Å². The molecule has 0 aliphatic carbocycles. The van der Waals surface area contributed by atoms with Gasteiger partial charge in [-0.3, -0.25) is 4.79 Å². The van der Waals surface area contributed by atoms with Gasteiger partial charge in [0.05, 0.1) is 13.0 Å². The standard InChI is InChI=1S/C12H17NO2S/c1-13(7-8-14)12(15)9-10-5-3-4-6-11(10)16-2/h3-6,14H,7-9H2,1-2H3. The molecule has 0 aliphatic rings. The maximum absolute atomic E-state index is 11.8. The first kappa shape index (κ1) is 13.1. The molecular weight excluding hydrogens is 222 g/mol. The fourth-order valence-corrected chi connectivity index (χ4v) is 2.04. The summed E-state index contributed by atoms with van der Waals surface area (Å²) in [6.45, 7) is 0.396. The highest BCUT2D eigenvalue weighted by Gasteiger charge is 2.10. The molecule has 88 valence electrons. The summed E-state index contributed by atoms with van der Waals surface area (Å²) in [6, 6.07) is 7.89. The minimum Gasteiger partial charge on any atom is -0.395 e. The Hall–Kier alpha value is -1.00. The number of carbonyl (C=O) groups is 1. The Bertz CT molecular complexity index is 355. The Kier molecular flexibility index (Phi) is 5.35. The van der Waals surface area contributed by atoms with Gasteiger partial charge in [0.15, 0.2) is 0 Å². The monoisotopic (exact) mass is 239 g/mol. The smallest absolute Gasteiger partial charge is 0.226 e. The summed E-state index contributed by atoms with van der Waals surface area (Å²) in [6.07, 6.45) is 2.40. The number of thioether (sulfide) groups is 1. The number of hydrogen-bond acceptors (Lipinski definition) is 3. The van der Waals surface area contributed by atoms with Crippen molar-refractivity contribution in [3.8, 4) is 0 Å². The minimum atomic E-state index is 0.00636. The van der Waals surface area contributed by atoms with Crippen LogP contribution in [0.15, 0.2) is 29.2 Å². The van der Waals surface area contributed by atoms with Gasteiger partial charge in [-0.2, -0.15) is 0 Å². The van der Waals surface area contributed by atoms with Crippen LogP contribution in [0.5, 0.6) is 0 Å². The number of rotatable bonds is 5. The number of aliphatic hydroxyl groups excluding tert-OH is 1. The fraction of sp³-hybridized carbons (Fsp3) is 0.417. The van der Waals surface area contributed by atoms with Gasteiger partial charge in [-0.1, -0.05) is 18.2 Å². The van der Waals surface area contributed by atoms with Gasteiger partial charge in [0.2, 0.25) is 5.91 Å². The molecule has 16 heavy (non-hydrogen) atoms. The van der Waals surface area contributed by atoms with Crippen LogP contribution in [0.2, 0.25) is 0 Å². The zero-order chi connectivity index (χ0) is 12.0. The molecule has 0 aromatic heterocycles. The molecule has 1 rings (SSSR count). The zero-order valence-electron chi connectivity index (χ0n) is 9.64. The molecular formula is C12H17NO2S. The predicted molar refractivity (Wildman–Crippen MR) is 66.6 cm³/mol. The van der Waals surface area contributed by atoms with Crippen molar-refractivity contribution in [2.24, 2.45) is 0 Å². The van der Waals surface area contributed by atoms with Gasteiger partial charge in [0.25, 0.3) is 0 Å². The summed E-state index contributed by atoms with van der Waals surface area (Å²) >= 11 is 1.64. The van der Waals surface area contributed by atoms with E-state index >= 15 is 0 Å². The number of hydrogen-bond donors (Lipinski definition) is 1. The van der Waals surface area contributed by atoms with Gasteiger partial charge in [0, 0.05) is 18.5 Å². The SMILES string of the molecule is CSc1ccccc1CC(=O)N(C)CCO. The van der Waals surface area contributed by atoms with Gasteiger partial charge in [-0.05, 0) is 17.9 Å². The van der Waals surface area contributed by atoms with Gasteiger partial charge in [0.1, 0.15) is 0 Å². The largest absolute Gasteiger partial charge is 0.395 e. The van der Waals surface area contributed by atoms with Gasteiger partial charge < -0.3 is 10.0 Å². The number of benzene rings is 1. The summed E-state index contributed by atoms with van der Waals surface area (Å²) < 4.78 is 0. The van der Waals surface area contributed by atoms with Crippen molar-refractivity contribution in [2.45, 2.75) is 11.3 Å². The molecule has 0 fully saturated rings. The molecule has 0 unspecified atom stereocenters. The van der Waals surface area contributed by atoms with E-state index in [1.807, 2.05) is 30.5 Å². The van der Waals surface area contributed by atoms with Crippen LogP contribution < -0.4 is 0 Å². The van der Waals surface area contributed by atoms with Crippen LogP contribution in [-0.4, -0.2) is 42.4 Å². The maximum Gasteiger partial charge on any atom is 0.226 e. The Balaban J connectivity index is 2.69. The second-order valence-corrected chi connectivity index (χ2v) is 4.38. The summed E-state index contributed by atoms with van der Waals surface area (Å²) in [5, 5.41) is 8.75. The molecule has 0 aliphatic heterocycles. The average molecular weight is 239 g/mol. The molecule has 1 N–H and O–H groups in total. The lowest BCUT2D eigenvalue weighted by atomic mass is 10.1. The molecule has 0 spiro atoms. The predicted octanol–water partition coefficient (Wildman–Crippen LogP) is 1.40. The molecule has 1 aromatic rings. The lowest BCUT2D eigenvalue weighted by Crippen LogP contribution is -2.30. The van der Waals surface area contributed by atoms with Gasteiger partial charge in [-0.15, -0.1) is 11.8 Å². The van der Waals surface area contributed by atoms with Crippen molar-refractivity contribution in [2.75, 3.05) is 26.5 Å². The Morgan fingerprint density at radius 3 is 2.75 bits per heavy atom. The maximum atomic E-state index is 11.8. The summed E-state index contributed by atoms with van der Waals surface area (Å²) in [5.74, 6) is 0.0375. The van der Waals surface area contributed by atoms with Crippen LogP contribution in [-0.2, 0) is 11.2 Å². The zero-order valence-corrected chi connectivity index (χ0v) is 10.5. The number of carbonyl (C=O) groups excluding carboxylic acids is 1. The average Bonchev–Trinajstić information content (AvgIpc) is 2.30. The van der Waals surface area contributed by atoms with E-state index in [1.165, 1.54) is 0 Å². The second-order valence-electron chi connectivity index (χ2n) is 3.53. The van der Waals surface area contributed by atoms with Crippen LogP contribution in [0.25, 0.3) is 0 Å². The summed E-state index contributed by atoms with van der Waals surface area (Å²) in [5.41, 5.74) is 1.05. The molecule has 0 atom stereocenters. The molecule has 0 saturated carbocycles. The quantitative estimate of drug-likeness (QED) is 0.790. The molecule has 3 nitrogen and oxygen atoms in total. The molecule has 1 aromatic carbocycles. The van der Waals surface area contributed by atoms with Crippen LogP contribution in [0, 0.1) is 0 Å². The lowest BCUT2D eigenvalue weighted by Gasteiger charge is -2.16. The lowest BCUT2D eigenvalue weighted by molar-refractivity contribution is -0.129. The van der Waals surface area contributed by atoms with E-state index < -0.39 is 0 Å². The minimum absolute atomic E-state index is 0.00636. The van der Waals surface area contributed by atoms with Crippen LogP contribution in [0.3, 0.4) is 0 Å². The van der Waals surface area contributed by atoms with Gasteiger partial charge in [-0.25, -0.2) is 0 Å². The van der Waals surface area contributed by atoms with E-state index in [2.05, 4.69) is 0 Å². The van der Waals surface area contributed by atoms with E-state index in [0.717, 1.165) is 10.5 Å². The van der Waals surface area contributed by atoms with Crippen LogP contribution >= 0.6 is 11.8 Å².